The Morgan fingerprint density at radius 1 is 1.15 bits per heavy atom. The number of H-pyrrole nitrogens is 1. The molecular formula is C27H30N4O2. The Hall–Kier alpha value is -3.51. The summed E-state index contributed by atoms with van der Waals surface area (Å²) in [4.78, 5) is 9.98. The zero-order valence-electron chi connectivity index (χ0n) is 19.1. The van der Waals surface area contributed by atoms with Gasteiger partial charge >= 0.3 is 0 Å². The lowest BCUT2D eigenvalue weighted by Crippen LogP contribution is -2.49. The summed E-state index contributed by atoms with van der Waals surface area (Å²) in [6.07, 6.45) is 5.72. The first-order valence-corrected chi connectivity index (χ1v) is 11.5. The molecule has 5 rings (SSSR count). The molecular weight excluding hydrogens is 412 g/mol. The molecule has 0 radical (unpaired) electrons. The van der Waals surface area contributed by atoms with Crippen LogP contribution >= 0.6 is 0 Å². The summed E-state index contributed by atoms with van der Waals surface area (Å²) in [6, 6.07) is 18.5. The van der Waals surface area contributed by atoms with E-state index in [2.05, 4.69) is 82.7 Å². The van der Waals surface area contributed by atoms with Crippen molar-refractivity contribution in [3.05, 3.63) is 78.2 Å². The molecule has 0 amide bonds. The largest absolute Gasteiger partial charge is 0.483 e. The average Bonchev–Trinajstić information content (AvgIpc) is 3.25. The highest BCUT2D eigenvalue weighted by Crippen LogP contribution is 2.40. The lowest BCUT2D eigenvalue weighted by Gasteiger charge is -2.42. The third kappa shape index (κ3) is 4.39. The summed E-state index contributed by atoms with van der Waals surface area (Å²) < 4.78 is 6.49. The molecule has 0 spiro atoms. The smallest absolute Gasteiger partial charge is 0.145 e. The van der Waals surface area contributed by atoms with Crippen molar-refractivity contribution in [2.75, 3.05) is 23.3 Å². The van der Waals surface area contributed by atoms with Crippen molar-refractivity contribution in [2.24, 2.45) is 0 Å². The molecule has 170 valence electrons. The van der Waals surface area contributed by atoms with Gasteiger partial charge in [0.15, 0.2) is 0 Å². The summed E-state index contributed by atoms with van der Waals surface area (Å²) in [5.41, 5.74) is 5.87. The molecule has 0 saturated heterocycles. The van der Waals surface area contributed by atoms with Gasteiger partial charge in [0.2, 0.25) is 0 Å². The average molecular weight is 443 g/mol. The zero-order valence-corrected chi connectivity index (χ0v) is 19.1. The summed E-state index contributed by atoms with van der Waals surface area (Å²) >= 11 is 0. The number of hydrogen-bond acceptors (Lipinski definition) is 5. The number of aromatic nitrogens is 2. The molecule has 33 heavy (non-hydrogen) atoms. The van der Waals surface area contributed by atoms with Gasteiger partial charge in [0, 0.05) is 47.3 Å². The molecule has 0 aliphatic carbocycles. The number of rotatable bonds is 7. The number of fused-ring (bicyclic) bond motifs is 2. The molecule has 1 unspecified atom stereocenters. The van der Waals surface area contributed by atoms with E-state index in [4.69, 9.17) is 4.74 Å². The van der Waals surface area contributed by atoms with Crippen molar-refractivity contribution in [1.82, 2.24) is 9.97 Å². The third-order valence-corrected chi connectivity index (χ3v) is 6.52. The van der Waals surface area contributed by atoms with E-state index in [1.165, 1.54) is 16.5 Å². The minimum absolute atomic E-state index is 0.0803. The second-order valence-corrected chi connectivity index (χ2v) is 8.94. The number of nitrogens with one attached hydrogen (secondary N) is 2. The first-order chi connectivity index (χ1) is 16.1. The van der Waals surface area contributed by atoms with Crippen molar-refractivity contribution >= 4 is 28.0 Å². The molecule has 0 saturated carbocycles. The number of aliphatic hydroxyl groups excluding tert-OH is 1. The number of para-hydroxylation sites is 1. The highest BCUT2D eigenvalue weighted by molar-refractivity contribution is 5.83. The maximum atomic E-state index is 9.36. The van der Waals surface area contributed by atoms with E-state index in [1.807, 2.05) is 12.1 Å². The summed E-state index contributed by atoms with van der Waals surface area (Å²) in [5, 5.41) is 14.1. The molecule has 0 bridgehead atoms. The zero-order chi connectivity index (χ0) is 22.8. The number of ether oxygens (including phenoxy) is 1. The van der Waals surface area contributed by atoms with Crippen LogP contribution in [0, 0.1) is 0 Å². The van der Waals surface area contributed by atoms with Crippen LogP contribution in [0.1, 0.15) is 31.5 Å². The fourth-order valence-corrected chi connectivity index (χ4v) is 4.51. The predicted octanol–water partition coefficient (Wildman–Crippen LogP) is 5.41. The quantitative estimate of drug-likeness (QED) is 0.357. The van der Waals surface area contributed by atoms with Crippen LogP contribution in [-0.2, 0) is 13.0 Å². The Labute approximate surface area is 194 Å². The lowest BCUT2D eigenvalue weighted by molar-refractivity contribution is 0.0811. The van der Waals surface area contributed by atoms with Crippen molar-refractivity contribution in [2.45, 2.75) is 38.9 Å². The predicted molar refractivity (Wildman–Crippen MR) is 133 cm³/mol. The molecule has 6 nitrogen and oxygen atoms in total. The number of pyridine rings is 1. The van der Waals surface area contributed by atoms with Crippen molar-refractivity contribution in [1.29, 1.82) is 0 Å². The number of aliphatic hydroxyl groups is 1. The van der Waals surface area contributed by atoms with Crippen LogP contribution in [0.25, 0.3) is 10.9 Å². The highest BCUT2D eigenvalue weighted by Gasteiger charge is 2.34. The van der Waals surface area contributed by atoms with Gasteiger partial charge < -0.3 is 25.0 Å². The number of anilines is 3. The fourth-order valence-electron chi connectivity index (χ4n) is 4.51. The number of benzene rings is 2. The Balaban J connectivity index is 1.39. The molecule has 1 aliphatic heterocycles. The van der Waals surface area contributed by atoms with E-state index in [-0.39, 0.29) is 12.2 Å². The van der Waals surface area contributed by atoms with E-state index < -0.39 is 0 Å². The minimum Gasteiger partial charge on any atom is -0.483 e. The van der Waals surface area contributed by atoms with E-state index in [1.54, 1.807) is 6.20 Å². The fraction of sp³-hybridized carbons (Fsp3) is 0.296. The minimum atomic E-state index is -0.243. The second-order valence-electron chi connectivity index (χ2n) is 8.94. The normalized spacial score (nSPS) is 17.6. The first kappa shape index (κ1) is 21.3. The number of aromatic amines is 1. The summed E-state index contributed by atoms with van der Waals surface area (Å²) in [5.74, 6) is 0.894. The van der Waals surface area contributed by atoms with Crippen LogP contribution in [0.5, 0.6) is 5.75 Å². The van der Waals surface area contributed by atoms with Gasteiger partial charge in [-0.1, -0.05) is 25.1 Å². The molecule has 6 heteroatoms. The van der Waals surface area contributed by atoms with Gasteiger partial charge in [-0.05, 0) is 55.7 Å². The molecule has 2 aromatic carbocycles. The molecule has 0 fully saturated rings. The van der Waals surface area contributed by atoms with E-state index in [0.29, 0.717) is 5.69 Å². The van der Waals surface area contributed by atoms with Gasteiger partial charge in [0.05, 0.1) is 24.5 Å². The first-order valence-electron chi connectivity index (χ1n) is 11.5. The maximum absolute atomic E-state index is 9.36. The molecule has 3 heterocycles. The topological polar surface area (TPSA) is 73.4 Å². The Bertz CT molecular complexity index is 1270. The number of hydrogen-bond donors (Lipinski definition) is 3. The SMILES string of the molecule is CCC1(C)CN(CCc2c[nH]c3ccccc23)c2ccc(Nc3ccnc(CO)c3)cc2O1. The van der Waals surface area contributed by atoms with Crippen molar-refractivity contribution < 1.29 is 9.84 Å². The maximum Gasteiger partial charge on any atom is 0.145 e. The van der Waals surface area contributed by atoms with Crippen LogP contribution in [0.2, 0.25) is 0 Å². The monoisotopic (exact) mass is 442 g/mol. The van der Waals surface area contributed by atoms with Crippen LogP contribution in [0.4, 0.5) is 17.1 Å². The molecule has 3 N–H and O–H groups in total. The van der Waals surface area contributed by atoms with Gasteiger partial charge in [0.1, 0.15) is 11.4 Å². The molecule has 4 aromatic rings. The van der Waals surface area contributed by atoms with E-state index in [0.717, 1.165) is 48.7 Å². The Morgan fingerprint density at radius 3 is 2.85 bits per heavy atom. The van der Waals surface area contributed by atoms with E-state index in [9.17, 15) is 5.11 Å². The van der Waals surface area contributed by atoms with Gasteiger partial charge in [-0.15, -0.1) is 0 Å². The highest BCUT2D eigenvalue weighted by atomic mass is 16.5. The van der Waals surface area contributed by atoms with Gasteiger partial charge in [0.25, 0.3) is 0 Å². The van der Waals surface area contributed by atoms with Crippen LogP contribution in [0.15, 0.2) is 67.0 Å². The summed E-state index contributed by atoms with van der Waals surface area (Å²) in [7, 11) is 0. The summed E-state index contributed by atoms with van der Waals surface area (Å²) in [6.45, 7) is 6.06. The van der Waals surface area contributed by atoms with Crippen LogP contribution < -0.4 is 15.0 Å². The third-order valence-electron chi connectivity index (χ3n) is 6.52. The van der Waals surface area contributed by atoms with E-state index >= 15 is 0 Å². The second kappa shape index (κ2) is 8.79. The lowest BCUT2D eigenvalue weighted by atomic mass is 9.98. The van der Waals surface area contributed by atoms with Gasteiger partial charge in [-0.2, -0.15) is 0 Å². The molecule has 1 atom stereocenters. The van der Waals surface area contributed by atoms with Crippen molar-refractivity contribution in [3.8, 4) is 5.75 Å². The Morgan fingerprint density at radius 2 is 2.00 bits per heavy atom. The van der Waals surface area contributed by atoms with Crippen LogP contribution in [-0.4, -0.2) is 33.8 Å². The van der Waals surface area contributed by atoms with Gasteiger partial charge in [-0.3, -0.25) is 4.98 Å². The molecule has 1 aliphatic rings. The number of nitrogens with zero attached hydrogens (tertiary/aromatic N) is 2. The van der Waals surface area contributed by atoms with Crippen LogP contribution in [0.3, 0.4) is 0 Å². The van der Waals surface area contributed by atoms with Gasteiger partial charge in [-0.25, -0.2) is 0 Å². The molecule has 2 aromatic heterocycles. The Kier molecular flexibility index (Phi) is 5.68. The standard InChI is InChI=1S/C27H30N4O2/c1-3-27(2)18-31(13-11-19-16-29-24-7-5-4-6-23(19)24)25-9-8-20(15-26(25)33-27)30-21-10-12-28-22(14-21)17-32/h4-10,12,14-16,29,32H,3,11,13,17-18H2,1-2H3,(H,28,30). The van der Waals surface area contributed by atoms with Crippen molar-refractivity contribution in [3.63, 3.8) is 0 Å².